The van der Waals surface area contributed by atoms with Gasteiger partial charge in [0, 0.05) is 6.04 Å². The predicted octanol–water partition coefficient (Wildman–Crippen LogP) is 1.68. The van der Waals surface area contributed by atoms with E-state index in [2.05, 4.69) is 24.7 Å². The highest BCUT2D eigenvalue weighted by Gasteiger charge is 2.01. The maximum atomic E-state index is 3.22. The number of rotatable bonds is 6. The van der Waals surface area contributed by atoms with E-state index in [0.717, 1.165) is 0 Å². The average Bonchev–Trinajstić information content (AvgIpc) is 1.98. The van der Waals surface area contributed by atoms with E-state index in [4.69, 9.17) is 0 Å². The van der Waals surface area contributed by atoms with Gasteiger partial charge in [0.15, 0.2) is 0 Å². The lowest BCUT2D eigenvalue weighted by molar-refractivity contribution is 0.413. The van der Waals surface area contributed by atoms with Crippen molar-refractivity contribution in [3.8, 4) is 0 Å². The van der Waals surface area contributed by atoms with Crippen LogP contribution < -0.4 is 10.9 Å². The van der Waals surface area contributed by atoms with Crippen molar-refractivity contribution >= 4 is 0 Å². The molecule has 0 amide bonds. The third-order valence-electron chi connectivity index (χ3n) is 1.75. The first-order chi connectivity index (χ1) is 4.85. The lowest BCUT2D eigenvalue weighted by atomic mass is 10.1. The van der Waals surface area contributed by atoms with Gasteiger partial charge in [0.1, 0.15) is 0 Å². The number of hydrogen-bond acceptors (Lipinski definition) is 2. The van der Waals surface area contributed by atoms with Crippen molar-refractivity contribution in [1.29, 1.82) is 0 Å². The van der Waals surface area contributed by atoms with E-state index in [9.17, 15) is 0 Å². The maximum absolute atomic E-state index is 3.22. The minimum atomic E-state index is 0.657. The van der Waals surface area contributed by atoms with E-state index in [-0.39, 0.29) is 0 Å². The molecular weight excluding hydrogens is 124 g/mol. The molecule has 0 bridgehead atoms. The van der Waals surface area contributed by atoms with Gasteiger partial charge in [-0.15, -0.1) is 0 Å². The Kier molecular flexibility index (Phi) is 6.98. The quantitative estimate of drug-likeness (QED) is 0.554. The fourth-order valence-electron chi connectivity index (χ4n) is 1.03. The van der Waals surface area contributed by atoms with E-state index < -0.39 is 0 Å². The minimum absolute atomic E-state index is 0.657. The molecule has 0 radical (unpaired) electrons. The van der Waals surface area contributed by atoms with Crippen LogP contribution in [0, 0.1) is 0 Å². The zero-order valence-electron chi connectivity index (χ0n) is 7.41. The molecule has 0 aliphatic heterocycles. The van der Waals surface area contributed by atoms with Gasteiger partial charge in [-0.05, 0) is 19.9 Å². The van der Waals surface area contributed by atoms with Crippen molar-refractivity contribution in [1.82, 2.24) is 10.9 Å². The Balaban J connectivity index is 3.21. The fraction of sp³-hybridized carbons (Fsp3) is 1.00. The highest BCUT2D eigenvalue weighted by Crippen LogP contribution is 2.02. The van der Waals surface area contributed by atoms with Crippen LogP contribution in [0.2, 0.25) is 0 Å². The molecule has 0 saturated heterocycles. The summed E-state index contributed by atoms with van der Waals surface area (Å²) in [6, 6.07) is 0.657. The number of unbranched alkanes of at least 4 members (excludes halogenated alkanes) is 1. The lowest BCUT2D eigenvalue weighted by Crippen LogP contribution is -2.37. The van der Waals surface area contributed by atoms with Crippen LogP contribution in [0.5, 0.6) is 0 Å². The summed E-state index contributed by atoms with van der Waals surface area (Å²) >= 11 is 0. The monoisotopic (exact) mass is 144 g/mol. The molecule has 0 rings (SSSR count). The second-order valence-electron chi connectivity index (χ2n) is 2.64. The Morgan fingerprint density at radius 1 is 1.30 bits per heavy atom. The van der Waals surface area contributed by atoms with Crippen molar-refractivity contribution in [3.63, 3.8) is 0 Å². The Bertz CT molecular complexity index is 64.3. The molecule has 0 aliphatic carbocycles. The summed E-state index contributed by atoms with van der Waals surface area (Å²) in [5.74, 6) is 0. The van der Waals surface area contributed by atoms with Gasteiger partial charge in [-0.3, -0.25) is 10.9 Å². The van der Waals surface area contributed by atoms with Gasteiger partial charge < -0.3 is 0 Å². The topological polar surface area (TPSA) is 24.1 Å². The van der Waals surface area contributed by atoms with Gasteiger partial charge in [-0.25, -0.2) is 0 Å². The van der Waals surface area contributed by atoms with Crippen molar-refractivity contribution in [2.75, 3.05) is 7.05 Å². The average molecular weight is 144 g/mol. The molecule has 2 N–H and O–H groups in total. The molecule has 0 heterocycles. The van der Waals surface area contributed by atoms with Crippen LogP contribution in [0.25, 0.3) is 0 Å². The first-order valence-electron chi connectivity index (χ1n) is 4.27. The Labute approximate surface area is 64.4 Å². The van der Waals surface area contributed by atoms with E-state index in [0.29, 0.717) is 6.04 Å². The summed E-state index contributed by atoms with van der Waals surface area (Å²) < 4.78 is 0. The molecule has 0 aromatic heterocycles. The second kappa shape index (κ2) is 7.03. The van der Waals surface area contributed by atoms with Gasteiger partial charge in [0.25, 0.3) is 0 Å². The van der Waals surface area contributed by atoms with Crippen LogP contribution in [0.1, 0.15) is 39.5 Å². The highest BCUT2D eigenvalue weighted by atomic mass is 15.3. The molecular formula is C8H20N2. The molecule has 0 aliphatic rings. The largest absolute Gasteiger partial charge is 0.261 e. The molecule has 1 unspecified atom stereocenters. The van der Waals surface area contributed by atoms with E-state index in [1.54, 1.807) is 0 Å². The van der Waals surface area contributed by atoms with Gasteiger partial charge >= 0.3 is 0 Å². The Hall–Kier alpha value is -0.0800. The third kappa shape index (κ3) is 4.77. The first-order valence-corrected chi connectivity index (χ1v) is 4.27. The van der Waals surface area contributed by atoms with Crippen LogP contribution in [0.15, 0.2) is 0 Å². The standard InChI is InChI=1S/C8H20N2/c1-4-6-7-8(5-2)10-9-3/h8-10H,4-7H2,1-3H3. The molecule has 0 aromatic rings. The molecule has 1 atom stereocenters. The molecule has 0 spiro atoms. The van der Waals surface area contributed by atoms with Crippen LogP contribution in [0.3, 0.4) is 0 Å². The van der Waals surface area contributed by atoms with Crippen LogP contribution in [0.4, 0.5) is 0 Å². The SMILES string of the molecule is CCCCC(CC)NNC. The van der Waals surface area contributed by atoms with Gasteiger partial charge in [0.05, 0.1) is 0 Å². The van der Waals surface area contributed by atoms with Gasteiger partial charge in [-0.2, -0.15) is 0 Å². The second-order valence-corrected chi connectivity index (χ2v) is 2.64. The minimum Gasteiger partial charge on any atom is -0.261 e. The summed E-state index contributed by atoms with van der Waals surface area (Å²) in [5, 5.41) is 0. The molecule has 0 saturated carbocycles. The summed E-state index contributed by atoms with van der Waals surface area (Å²) in [5.41, 5.74) is 6.19. The summed E-state index contributed by atoms with van der Waals surface area (Å²) in [7, 11) is 1.93. The van der Waals surface area contributed by atoms with Crippen LogP contribution >= 0.6 is 0 Å². The highest BCUT2D eigenvalue weighted by molar-refractivity contribution is 4.60. The Morgan fingerprint density at radius 2 is 2.00 bits per heavy atom. The number of hydrazine groups is 1. The molecule has 2 heteroatoms. The van der Waals surface area contributed by atoms with E-state index in [1.807, 2.05) is 7.05 Å². The van der Waals surface area contributed by atoms with Crippen molar-refractivity contribution in [3.05, 3.63) is 0 Å². The number of hydrogen-bond donors (Lipinski definition) is 2. The third-order valence-corrected chi connectivity index (χ3v) is 1.75. The summed E-state index contributed by atoms with van der Waals surface area (Å²) in [6.07, 6.45) is 5.11. The normalized spacial score (nSPS) is 13.5. The molecule has 2 nitrogen and oxygen atoms in total. The summed E-state index contributed by atoms with van der Waals surface area (Å²) in [4.78, 5) is 0. The van der Waals surface area contributed by atoms with Crippen LogP contribution in [-0.4, -0.2) is 13.1 Å². The van der Waals surface area contributed by atoms with Crippen molar-refractivity contribution in [2.24, 2.45) is 0 Å². The summed E-state index contributed by atoms with van der Waals surface area (Å²) in [6.45, 7) is 4.44. The molecule has 10 heavy (non-hydrogen) atoms. The molecule has 62 valence electrons. The molecule has 0 fully saturated rings. The smallest absolute Gasteiger partial charge is 0.0210 e. The van der Waals surface area contributed by atoms with E-state index in [1.165, 1.54) is 25.7 Å². The lowest BCUT2D eigenvalue weighted by Gasteiger charge is -2.14. The van der Waals surface area contributed by atoms with Crippen molar-refractivity contribution < 1.29 is 0 Å². The zero-order valence-corrected chi connectivity index (χ0v) is 7.41. The van der Waals surface area contributed by atoms with E-state index >= 15 is 0 Å². The Morgan fingerprint density at radius 3 is 2.40 bits per heavy atom. The predicted molar refractivity (Wildman–Crippen MR) is 45.8 cm³/mol. The molecule has 0 aromatic carbocycles. The zero-order chi connectivity index (χ0) is 7.82. The number of nitrogens with one attached hydrogen (secondary N) is 2. The maximum Gasteiger partial charge on any atom is 0.0210 e. The fourth-order valence-corrected chi connectivity index (χ4v) is 1.03. The first kappa shape index (κ1) is 9.92. The van der Waals surface area contributed by atoms with Crippen molar-refractivity contribution in [2.45, 2.75) is 45.6 Å². The van der Waals surface area contributed by atoms with Crippen LogP contribution in [-0.2, 0) is 0 Å². The van der Waals surface area contributed by atoms with Gasteiger partial charge in [-0.1, -0.05) is 26.7 Å². The van der Waals surface area contributed by atoms with Gasteiger partial charge in [0.2, 0.25) is 0 Å².